The number of benzene rings is 2. The van der Waals surface area contributed by atoms with Crippen LogP contribution >= 0.6 is 0 Å². The molecule has 0 aliphatic carbocycles. The number of halogens is 1. The van der Waals surface area contributed by atoms with Crippen LogP contribution in [0.5, 0.6) is 0 Å². The van der Waals surface area contributed by atoms with Gasteiger partial charge in [-0.2, -0.15) is 0 Å². The van der Waals surface area contributed by atoms with E-state index in [9.17, 15) is 14.0 Å². The van der Waals surface area contributed by atoms with Gasteiger partial charge in [-0.1, -0.05) is 18.2 Å². The van der Waals surface area contributed by atoms with E-state index >= 15 is 0 Å². The number of rotatable bonds is 3. The van der Waals surface area contributed by atoms with Gasteiger partial charge in [0.25, 0.3) is 0 Å². The predicted octanol–water partition coefficient (Wildman–Crippen LogP) is 2.98. The van der Waals surface area contributed by atoms with Crippen LogP contribution in [0.1, 0.15) is 20.7 Å². The molecule has 0 aliphatic rings. The monoisotopic (exact) mass is 274 g/mol. The Morgan fingerprint density at radius 1 is 1.05 bits per heavy atom. The summed E-state index contributed by atoms with van der Waals surface area (Å²) in [6, 6.07) is 10.1. The van der Waals surface area contributed by atoms with E-state index in [-0.39, 0.29) is 11.1 Å². The average Bonchev–Trinajstić information content (AvgIpc) is 2.47. The fourth-order valence-electron chi connectivity index (χ4n) is 1.78. The summed E-state index contributed by atoms with van der Waals surface area (Å²) < 4.78 is 18.0. The van der Waals surface area contributed by atoms with Gasteiger partial charge in [0.2, 0.25) is 0 Å². The number of methoxy groups -OCH3 is 1. The molecule has 0 fully saturated rings. The van der Waals surface area contributed by atoms with Crippen molar-refractivity contribution in [2.24, 2.45) is 0 Å². The molecule has 1 N–H and O–H groups in total. The number of carbonyl (C=O) groups excluding carboxylic acids is 1. The van der Waals surface area contributed by atoms with Gasteiger partial charge in [-0.05, 0) is 35.4 Å². The summed E-state index contributed by atoms with van der Waals surface area (Å²) in [4.78, 5) is 22.2. The molecule has 0 saturated carbocycles. The Balaban J connectivity index is 2.42. The molecule has 0 atom stereocenters. The molecule has 0 aromatic heterocycles. The van der Waals surface area contributed by atoms with Crippen molar-refractivity contribution < 1.29 is 23.8 Å². The molecule has 0 saturated heterocycles. The van der Waals surface area contributed by atoms with Crippen LogP contribution in [0.3, 0.4) is 0 Å². The Kier molecular flexibility index (Phi) is 3.79. The van der Waals surface area contributed by atoms with E-state index < -0.39 is 17.8 Å². The Morgan fingerprint density at radius 2 is 1.65 bits per heavy atom. The molecular weight excluding hydrogens is 263 g/mol. The maximum atomic E-state index is 13.5. The quantitative estimate of drug-likeness (QED) is 0.874. The second kappa shape index (κ2) is 5.52. The smallest absolute Gasteiger partial charge is 0.340 e. The van der Waals surface area contributed by atoms with Crippen LogP contribution in [0.15, 0.2) is 42.5 Å². The lowest BCUT2D eigenvalue weighted by Gasteiger charge is -2.06. The molecule has 2 aromatic rings. The highest BCUT2D eigenvalue weighted by atomic mass is 19.1. The summed E-state index contributed by atoms with van der Waals surface area (Å²) in [7, 11) is 1.18. The van der Waals surface area contributed by atoms with Crippen molar-refractivity contribution in [3.05, 3.63) is 59.4 Å². The number of carbonyl (C=O) groups is 2. The van der Waals surface area contributed by atoms with Crippen LogP contribution in [0.25, 0.3) is 11.1 Å². The van der Waals surface area contributed by atoms with Crippen LogP contribution in [0.2, 0.25) is 0 Å². The molecule has 0 amide bonds. The number of hydrogen-bond donors (Lipinski definition) is 1. The predicted molar refractivity (Wildman–Crippen MR) is 70.1 cm³/mol. The van der Waals surface area contributed by atoms with E-state index in [1.54, 1.807) is 12.1 Å². The normalized spacial score (nSPS) is 10.1. The van der Waals surface area contributed by atoms with Gasteiger partial charge in [0.05, 0.1) is 18.2 Å². The minimum Gasteiger partial charge on any atom is -0.478 e. The average molecular weight is 274 g/mol. The molecule has 4 nitrogen and oxygen atoms in total. The number of esters is 1. The summed E-state index contributed by atoms with van der Waals surface area (Å²) >= 11 is 0. The third kappa shape index (κ3) is 2.66. The number of hydrogen-bond acceptors (Lipinski definition) is 3. The van der Waals surface area contributed by atoms with Gasteiger partial charge in [-0.15, -0.1) is 0 Å². The maximum absolute atomic E-state index is 13.5. The standard InChI is InChI=1S/C15H11FO4/c1-20-15(19)12-8-11(6-7-13(12)16)9-2-4-10(5-3-9)14(17)18/h2-8H,1H3,(H,17,18). The van der Waals surface area contributed by atoms with Gasteiger partial charge in [0.15, 0.2) is 0 Å². The maximum Gasteiger partial charge on any atom is 0.340 e. The summed E-state index contributed by atoms with van der Waals surface area (Å²) in [6.07, 6.45) is 0. The molecule has 0 bridgehead atoms. The Labute approximate surface area is 114 Å². The molecule has 20 heavy (non-hydrogen) atoms. The van der Waals surface area contributed by atoms with E-state index in [2.05, 4.69) is 4.74 Å². The summed E-state index contributed by atoms with van der Waals surface area (Å²) in [5.74, 6) is -2.44. The zero-order valence-electron chi connectivity index (χ0n) is 10.6. The van der Waals surface area contributed by atoms with Crippen molar-refractivity contribution in [2.45, 2.75) is 0 Å². The van der Waals surface area contributed by atoms with Gasteiger partial charge in [0.1, 0.15) is 5.82 Å². The van der Waals surface area contributed by atoms with Crippen LogP contribution in [-0.2, 0) is 4.74 Å². The summed E-state index contributed by atoms with van der Waals surface area (Å²) in [6.45, 7) is 0. The fourth-order valence-corrected chi connectivity index (χ4v) is 1.78. The Hall–Kier alpha value is -2.69. The molecule has 0 unspecified atom stereocenters. The van der Waals surface area contributed by atoms with Crippen molar-refractivity contribution in [1.29, 1.82) is 0 Å². The van der Waals surface area contributed by atoms with Gasteiger partial charge >= 0.3 is 11.9 Å². The lowest BCUT2D eigenvalue weighted by molar-refractivity contribution is 0.0594. The number of carboxylic acid groups (broad SMARTS) is 1. The van der Waals surface area contributed by atoms with Crippen LogP contribution in [0, 0.1) is 5.82 Å². The van der Waals surface area contributed by atoms with Gasteiger partial charge in [-0.25, -0.2) is 14.0 Å². The lowest BCUT2D eigenvalue weighted by atomic mass is 10.0. The first-order valence-electron chi connectivity index (χ1n) is 5.74. The Bertz CT molecular complexity index is 662. The van der Waals surface area contributed by atoms with Crippen LogP contribution < -0.4 is 0 Å². The van der Waals surface area contributed by atoms with Gasteiger partial charge in [-0.3, -0.25) is 0 Å². The minimum absolute atomic E-state index is 0.157. The highest BCUT2D eigenvalue weighted by molar-refractivity contribution is 5.92. The second-order valence-corrected chi connectivity index (χ2v) is 4.07. The topological polar surface area (TPSA) is 63.6 Å². The molecule has 0 spiro atoms. The van der Waals surface area contributed by atoms with Crippen molar-refractivity contribution in [2.75, 3.05) is 7.11 Å². The molecule has 102 valence electrons. The third-order valence-corrected chi connectivity index (χ3v) is 2.84. The number of aromatic carboxylic acids is 1. The summed E-state index contributed by atoms with van der Waals surface area (Å²) in [5, 5.41) is 8.82. The van der Waals surface area contributed by atoms with Crippen molar-refractivity contribution in [3.63, 3.8) is 0 Å². The SMILES string of the molecule is COC(=O)c1cc(-c2ccc(C(=O)O)cc2)ccc1F. The van der Waals surface area contributed by atoms with Crippen molar-refractivity contribution >= 4 is 11.9 Å². The number of carboxylic acids is 1. The van der Waals surface area contributed by atoms with E-state index in [0.717, 1.165) is 0 Å². The van der Waals surface area contributed by atoms with Crippen molar-refractivity contribution in [1.82, 2.24) is 0 Å². The lowest BCUT2D eigenvalue weighted by Crippen LogP contribution is -2.04. The third-order valence-electron chi connectivity index (χ3n) is 2.84. The largest absolute Gasteiger partial charge is 0.478 e. The van der Waals surface area contributed by atoms with Crippen LogP contribution in [0.4, 0.5) is 4.39 Å². The molecule has 0 aliphatic heterocycles. The van der Waals surface area contributed by atoms with E-state index in [1.807, 2.05) is 0 Å². The zero-order chi connectivity index (χ0) is 14.7. The highest BCUT2D eigenvalue weighted by Gasteiger charge is 2.13. The highest BCUT2D eigenvalue weighted by Crippen LogP contribution is 2.23. The molecular formula is C15H11FO4. The van der Waals surface area contributed by atoms with Crippen molar-refractivity contribution in [3.8, 4) is 11.1 Å². The molecule has 2 rings (SSSR count). The minimum atomic E-state index is -1.02. The Morgan fingerprint density at radius 3 is 2.20 bits per heavy atom. The fraction of sp³-hybridized carbons (Fsp3) is 0.0667. The molecule has 2 aromatic carbocycles. The van der Waals surface area contributed by atoms with Gasteiger partial charge in [0, 0.05) is 0 Å². The van der Waals surface area contributed by atoms with Crippen LogP contribution in [-0.4, -0.2) is 24.2 Å². The zero-order valence-corrected chi connectivity index (χ0v) is 10.6. The first kappa shape index (κ1) is 13.7. The molecule has 0 radical (unpaired) electrons. The molecule has 5 heteroatoms. The van der Waals surface area contributed by atoms with E-state index in [0.29, 0.717) is 11.1 Å². The first-order chi connectivity index (χ1) is 9.52. The molecule has 0 heterocycles. The van der Waals surface area contributed by atoms with E-state index in [4.69, 9.17) is 5.11 Å². The van der Waals surface area contributed by atoms with Gasteiger partial charge < -0.3 is 9.84 Å². The van der Waals surface area contributed by atoms with E-state index in [1.165, 1.54) is 37.4 Å². The second-order valence-electron chi connectivity index (χ2n) is 4.07. The summed E-state index contributed by atoms with van der Waals surface area (Å²) in [5.41, 5.74) is 1.28. The first-order valence-corrected chi connectivity index (χ1v) is 5.74. The number of ether oxygens (including phenoxy) is 1.